The molecule has 1 heterocycles. The van der Waals surface area contributed by atoms with Crippen LogP contribution in [0.3, 0.4) is 0 Å². The molecule has 0 spiro atoms. The van der Waals surface area contributed by atoms with E-state index in [0.29, 0.717) is 5.39 Å². The highest BCUT2D eigenvalue weighted by Crippen LogP contribution is 2.25. The number of pyridine rings is 1. The molecule has 0 aliphatic heterocycles. The summed E-state index contributed by atoms with van der Waals surface area (Å²) in [5.74, 6) is 0. The van der Waals surface area contributed by atoms with Crippen molar-refractivity contribution in [2.24, 2.45) is 0 Å². The Morgan fingerprint density at radius 1 is 0.944 bits per heavy atom. The molecule has 0 aliphatic carbocycles. The van der Waals surface area contributed by atoms with Gasteiger partial charge in [0.15, 0.2) is 0 Å². The predicted octanol–water partition coefficient (Wildman–Crippen LogP) is 2.73. The molecule has 2 aromatic carbocycles. The van der Waals surface area contributed by atoms with E-state index >= 15 is 0 Å². The van der Waals surface area contributed by atoms with Crippen molar-refractivity contribution < 1.29 is 13.4 Å². The van der Waals surface area contributed by atoms with Crippen molar-refractivity contribution in [1.82, 2.24) is 0 Å². The summed E-state index contributed by atoms with van der Waals surface area (Å²) in [5.41, 5.74) is 1.70. The second-order valence-electron chi connectivity index (χ2n) is 4.01. The highest BCUT2D eigenvalue weighted by atomic mass is 35.7. The summed E-state index contributed by atoms with van der Waals surface area (Å²) < 4.78 is 23.1. The fourth-order valence-electron chi connectivity index (χ4n) is 2.05. The molecule has 0 fully saturated rings. The zero-order chi connectivity index (χ0) is 12.8. The quantitative estimate of drug-likeness (QED) is 0.508. The first kappa shape index (κ1) is 11.4. The molecule has 1 aromatic heterocycles. The number of para-hydroxylation sites is 1. The highest BCUT2D eigenvalue weighted by Gasteiger charge is 2.17. The maximum atomic E-state index is 11.5. The van der Waals surface area contributed by atoms with Gasteiger partial charge in [-0.2, -0.15) is 0 Å². The average molecular weight is 279 g/mol. The number of nitrogens with one attached hydrogen (secondary N) is 1. The van der Waals surface area contributed by atoms with Gasteiger partial charge in [-0.1, -0.05) is 18.2 Å². The van der Waals surface area contributed by atoms with E-state index in [0.717, 1.165) is 16.4 Å². The van der Waals surface area contributed by atoms with Crippen LogP contribution in [0.4, 0.5) is 0 Å². The summed E-state index contributed by atoms with van der Waals surface area (Å²) in [6.45, 7) is 0. The number of aromatic amines is 1. The van der Waals surface area contributed by atoms with E-state index in [1.807, 2.05) is 36.4 Å². The van der Waals surface area contributed by atoms with E-state index in [1.54, 1.807) is 6.07 Å². The summed E-state index contributed by atoms with van der Waals surface area (Å²) in [7, 11) is 1.70. The lowest BCUT2D eigenvalue weighted by atomic mass is 10.1. The van der Waals surface area contributed by atoms with Crippen molar-refractivity contribution in [1.29, 1.82) is 0 Å². The van der Waals surface area contributed by atoms with Crippen molar-refractivity contribution in [2.45, 2.75) is 4.90 Å². The molecule has 0 unspecified atom stereocenters. The molecule has 5 heteroatoms. The summed E-state index contributed by atoms with van der Waals surface area (Å²) in [6, 6.07) is 14.5. The van der Waals surface area contributed by atoms with Gasteiger partial charge in [0, 0.05) is 28.2 Å². The number of benzene rings is 2. The fourth-order valence-corrected chi connectivity index (χ4v) is 3.13. The summed E-state index contributed by atoms with van der Waals surface area (Å²) in [4.78, 5) is 3.33. The van der Waals surface area contributed by atoms with Gasteiger partial charge in [0.25, 0.3) is 9.05 Å². The third-order valence-electron chi connectivity index (χ3n) is 2.86. The third-order valence-corrected chi connectivity index (χ3v) is 4.24. The largest absolute Gasteiger partial charge is 0.262 e. The number of fused-ring (bicyclic) bond motifs is 2. The molecule has 0 bridgehead atoms. The molecular weight excluding hydrogens is 270 g/mol. The van der Waals surface area contributed by atoms with E-state index in [2.05, 4.69) is 4.98 Å². The van der Waals surface area contributed by atoms with Crippen molar-refractivity contribution in [2.75, 3.05) is 0 Å². The van der Waals surface area contributed by atoms with Crippen molar-refractivity contribution in [3.8, 4) is 0 Å². The molecule has 90 valence electrons. The lowest BCUT2D eigenvalue weighted by molar-refractivity contribution is -0.310. The van der Waals surface area contributed by atoms with Gasteiger partial charge in [0.05, 0.1) is 10.3 Å². The lowest BCUT2D eigenvalue weighted by Crippen LogP contribution is -2.06. The Morgan fingerprint density at radius 2 is 1.67 bits per heavy atom. The SMILES string of the molecule is O=S(=O)(Cl)c1cccc2[nH+]c3ccccc3cc12. The molecule has 0 saturated carbocycles. The second-order valence-corrected chi connectivity index (χ2v) is 6.55. The number of rotatable bonds is 1. The summed E-state index contributed by atoms with van der Waals surface area (Å²) in [5, 5.41) is 1.55. The Balaban J connectivity index is 2.51. The smallest absolute Gasteiger partial charge is 0.207 e. The molecule has 3 nitrogen and oxygen atoms in total. The molecule has 3 aromatic rings. The maximum Gasteiger partial charge on any atom is 0.262 e. The van der Waals surface area contributed by atoms with Crippen LogP contribution in [0.1, 0.15) is 0 Å². The number of H-pyrrole nitrogens is 1. The van der Waals surface area contributed by atoms with E-state index in [1.165, 1.54) is 6.07 Å². The van der Waals surface area contributed by atoms with Crippen LogP contribution in [-0.4, -0.2) is 8.42 Å². The van der Waals surface area contributed by atoms with Crippen LogP contribution < -0.4 is 4.98 Å². The fraction of sp³-hybridized carbons (Fsp3) is 0. The monoisotopic (exact) mass is 278 g/mol. The van der Waals surface area contributed by atoms with Crippen LogP contribution in [0.15, 0.2) is 53.4 Å². The number of hydrogen-bond donors (Lipinski definition) is 0. The van der Waals surface area contributed by atoms with Crippen LogP contribution in [-0.2, 0) is 9.05 Å². The average Bonchev–Trinajstić information content (AvgIpc) is 2.34. The molecule has 0 radical (unpaired) electrons. The zero-order valence-electron chi connectivity index (χ0n) is 9.22. The van der Waals surface area contributed by atoms with Gasteiger partial charge in [-0.15, -0.1) is 0 Å². The Hall–Kier alpha value is -1.65. The van der Waals surface area contributed by atoms with Crippen LogP contribution >= 0.6 is 10.7 Å². The van der Waals surface area contributed by atoms with Crippen molar-refractivity contribution >= 4 is 41.5 Å². The third kappa shape index (κ3) is 1.83. The molecule has 1 N–H and O–H groups in total. The normalized spacial score (nSPS) is 12.1. The van der Waals surface area contributed by atoms with Gasteiger partial charge in [-0.25, -0.2) is 13.4 Å². The van der Waals surface area contributed by atoms with Crippen LogP contribution in [0, 0.1) is 0 Å². The van der Waals surface area contributed by atoms with Gasteiger partial charge >= 0.3 is 0 Å². The molecule has 0 amide bonds. The number of halogens is 1. The first-order valence-electron chi connectivity index (χ1n) is 5.34. The van der Waals surface area contributed by atoms with Crippen molar-refractivity contribution in [3.63, 3.8) is 0 Å². The lowest BCUT2D eigenvalue weighted by Gasteiger charge is -2.00. The Morgan fingerprint density at radius 3 is 2.44 bits per heavy atom. The van der Waals surface area contributed by atoms with E-state index in [4.69, 9.17) is 10.7 Å². The standard InChI is InChI=1S/C13H8ClNO2S/c14-18(16,17)13-7-3-6-12-10(13)8-9-4-1-2-5-11(9)15-12/h1-8H/p+1. The first-order valence-corrected chi connectivity index (χ1v) is 7.65. The van der Waals surface area contributed by atoms with Crippen molar-refractivity contribution in [3.05, 3.63) is 48.5 Å². The first-order chi connectivity index (χ1) is 8.55. The molecule has 0 saturated heterocycles. The number of hydrogen-bond acceptors (Lipinski definition) is 2. The maximum absolute atomic E-state index is 11.5. The number of aromatic nitrogens is 1. The van der Waals surface area contributed by atoms with Gasteiger partial charge in [-0.3, -0.25) is 0 Å². The predicted molar refractivity (Wildman–Crippen MR) is 71.0 cm³/mol. The van der Waals surface area contributed by atoms with Gasteiger partial charge < -0.3 is 0 Å². The topological polar surface area (TPSA) is 48.3 Å². The molecule has 0 atom stereocenters. The van der Waals surface area contributed by atoms with Crippen LogP contribution in [0.2, 0.25) is 0 Å². The second kappa shape index (κ2) is 3.93. The van der Waals surface area contributed by atoms with Gasteiger partial charge in [0.1, 0.15) is 0 Å². The Bertz CT molecular complexity index is 859. The Labute approximate surface area is 108 Å². The summed E-state index contributed by atoms with van der Waals surface area (Å²) >= 11 is 0. The zero-order valence-corrected chi connectivity index (χ0v) is 10.8. The molecule has 3 rings (SSSR count). The van der Waals surface area contributed by atoms with Gasteiger partial charge in [0.2, 0.25) is 11.0 Å². The highest BCUT2D eigenvalue weighted by molar-refractivity contribution is 8.14. The van der Waals surface area contributed by atoms with E-state index < -0.39 is 9.05 Å². The minimum absolute atomic E-state index is 0.128. The van der Waals surface area contributed by atoms with E-state index in [-0.39, 0.29) is 4.90 Å². The van der Waals surface area contributed by atoms with Gasteiger partial charge in [-0.05, 0) is 18.2 Å². The van der Waals surface area contributed by atoms with Crippen LogP contribution in [0.5, 0.6) is 0 Å². The minimum Gasteiger partial charge on any atom is -0.207 e. The Kier molecular flexibility index (Phi) is 2.50. The minimum atomic E-state index is -3.75. The summed E-state index contributed by atoms with van der Waals surface area (Å²) in [6.07, 6.45) is 0. The van der Waals surface area contributed by atoms with Crippen LogP contribution in [0.25, 0.3) is 21.8 Å². The van der Waals surface area contributed by atoms with E-state index in [9.17, 15) is 8.42 Å². The molecule has 18 heavy (non-hydrogen) atoms. The molecular formula is C13H9ClNO2S+. The molecule has 0 aliphatic rings.